The molecule has 2 amide bonds. The highest BCUT2D eigenvalue weighted by Crippen LogP contribution is 2.42. The third-order valence-corrected chi connectivity index (χ3v) is 6.62. The van der Waals surface area contributed by atoms with Crippen LogP contribution in [-0.4, -0.2) is 21.8 Å². The van der Waals surface area contributed by atoms with E-state index in [0.717, 1.165) is 18.4 Å². The standard InChI is InChI=1S/C24H20ClN5O3S/c1-13(31)27-23-29-18-7-8-20(30-22(18)34-23)33-16-5-6-17(25)19(12-16)28-21(32)14-3-2-4-15(11-14)24(26)9-10-24/h2-8,11-12H,9-10,26H2,1H3,(H,28,32)(H,27,29,31). The van der Waals surface area contributed by atoms with Crippen LogP contribution in [0.1, 0.15) is 35.7 Å². The molecule has 172 valence electrons. The van der Waals surface area contributed by atoms with Crippen LogP contribution in [0.25, 0.3) is 10.3 Å². The van der Waals surface area contributed by atoms with E-state index in [-0.39, 0.29) is 17.4 Å². The number of amides is 2. The Kier molecular flexibility index (Phi) is 5.68. The average molecular weight is 494 g/mol. The Balaban J connectivity index is 1.33. The number of rotatable bonds is 6. The number of hydrogen-bond acceptors (Lipinski definition) is 7. The number of carbonyl (C=O) groups excluding carboxylic acids is 2. The molecular weight excluding hydrogens is 474 g/mol. The van der Waals surface area contributed by atoms with Crippen molar-refractivity contribution in [1.82, 2.24) is 9.97 Å². The number of fused-ring (bicyclic) bond motifs is 1. The molecule has 0 radical (unpaired) electrons. The zero-order valence-electron chi connectivity index (χ0n) is 18.1. The second-order valence-corrected chi connectivity index (χ2v) is 9.49. The number of aromatic nitrogens is 2. The first-order valence-electron chi connectivity index (χ1n) is 10.5. The number of pyridine rings is 1. The molecule has 0 bridgehead atoms. The van der Waals surface area contributed by atoms with E-state index in [2.05, 4.69) is 20.6 Å². The van der Waals surface area contributed by atoms with Crippen LogP contribution in [0.3, 0.4) is 0 Å². The maximum atomic E-state index is 12.9. The Morgan fingerprint density at radius 2 is 1.91 bits per heavy atom. The molecule has 5 rings (SSSR count). The minimum Gasteiger partial charge on any atom is -0.439 e. The summed E-state index contributed by atoms with van der Waals surface area (Å²) < 4.78 is 5.89. The second kappa shape index (κ2) is 8.68. The lowest BCUT2D eigenvalue weighted by atomic mass is 10.0. The summed E-state index contributed by atoms with van der Waals surface area (Å²) in [6.45, 7) is 1.42. The van der Waals surface area contributed by atoms with Crippen molar-refractivity contribution in [1.29, 1.82) is 0 Å². The molecule has 0 saturated heterocycles. The summed E-state index contributed by atoms with van der Waals surface area (Å²) in [5, 5.41) is 6.33. The van der Waals surface area contributed by atoms with Gasteiger partial charge >= 0.3 is 0 Å². The predicted octanol–water partition coefficient (Wildman–Crippen LogP) is 5.30. The van der Waals surface area contributed by atoms with Gasteiger partial charge in [-0.2, -0.15) is 0 Å². The van der Waals surface area contributed by atoms with Crippen LogP contribution >= 0.6 is 22.9 Å². The van der Waals surface area contributed by atoms with Gasteiger partial charge in [0.15, 0.2) is 5.13 Å². The van der Waals surface area contributed by atoms with Crippen LogP contribution in [0, 0.1) is 0 Å². The minimum absolute atomic E-state index is 0.201. The molecule has 4 N–H and O–H groups in total. The highest BCUT2D eigenvalue weighted by molar-refractivity contribution is 7.21. The Bertz CT molecular complexity index is 1430. The fourth-order valence-electron chi connectivity index (χ4n) is 3.43. The monoisotopic (exact) mass is 493 g/mol. The van der Waals surface area contributed by atoms with Crippen LogP contribution in [0.4, 0.5) is 10.8 Å². The Labute approximate surface area is 204 Å². The molecule has 4 aromatic rings. The number of nitrogens with zero attached hydrogens (tertiary/aromatic N) is 2. The predicted molar refractivity (Wildman–Crippen MR) is 133 cm³/mol. The van der Waals surface area contributed by atoms with Gasteiger partial charge in [-0.05, 0) is 48.7 Å². The number of thiazole rings is 1. The van der Waals surface area contributed by atoms with Crippen LogP contribution in [0.2, 0.25) is 5.02 Å². The first-order chi connectivity index (χ1) is 16.3. The summed E-state index contributed by atoms with van der Waals surface area (Å²) in [7, 11) is 0. The van der Waals surface area contributed by atoms with Gasteiger partial charge in [-0.1, -0.05) is 35.1 Å². The summed E-state index contributed by atoms with van der Waals surface area (Å²) in [4.78, 5) is 33.5. The van der Waals surface area contributed by atoms with Gasteiger partial charge in [-0.3, -0.25) is 9.59 Å². The molecule has 2 aromatic heterocycles. The third kappa shape index (κ3) is 4.72. The molecule has 1 aliphatic rings. The van der Waals surface area contributed by atoms with Crippen molar-refractivity contribution >= 4 is 55.9 Å². The molecule has 10 heteroatoms. The van der Waals surface area contributed by atoms with E-state index < -0.39 is 0 Å². The summed E-state index contributed by atoms with van der Waals surface area (Å²) in [5.41, 5.74) is 8.46. The molecule has 1 fully saturated rings. The minimum atomic E-state index is -0.323. The maximum absolute atomic E-state index is 12.9. The summed E-state index contributed by atoms with van der Waals surface area (Å²) in [6, 6.07) is 15.7. The van der Waals surface area contributed by atoms with Crippen molar-refractivity contribution in [3.8, 4) is 11.6 Å². The lowest BCUT2D eigenvalue weighted by Crippen LogP contribution is -2.20. The van der Waals surface area contributed by atoms with Crippen LogP contribution < -0.4 is 21.1 Å². The van der Waals surface area contributed by atoms with E-state index in [1.54, 1.807) is 36.4 Å². The van der Waals surface area contributed by atoms with E-state index in [4.69, 9.17) is 22.1 Å². The summed E-state index contributed by atoms with van der Waals surface area (Å²) in [5.74, 6) is 0.300. The average Bonchev–Trinajstić information content (AvgIpc) is 3.44. The fourth-order valence-corrected chi connectivity index (χ4v) is 4.47. The Hall–Kier alpha value is -3.53. The van der Waals surface area contributed by atoms with Crippen LogP contribution in [-0.2, 0) is 10.3 Å². The summed E-state index contributed by atoms with van der Waals surface area (Å²) >= 11 is 7.57. The molecule has 0 unspecified atom stereocenters. The molecule has 0 atom stereocenters. The van der Waals surface area contributed by atoms with Crippen molar-refractivity contribution < 1.29 is 14.3 Å². The van der Waals surface area contributed by atoms with E-state index in [1.165, 1.54) is 18.3 Å². The molecular formula is C24H20ClN5O3S. The topological polar surface area (TPSA) is 119 Å². The number of benzene rings is 2. The van der Waals surface area contributed by atoms with E-state index in [1.807, 2.05) is 18.2 Å². The SMILES string of the molecule is CC(=O)Nc1nc2ccc(Oc3ccc(Cl)c(NC(=O)c4cccc(C5(N)CC5)c4)c3)nc2s1. The maximum Gasteiger partial charge on any atom is 0.255 e. The highest BCUT2D eigenvalue weighted by atomic mass is 35.5. The zero-order chi connectivity index (χ0) is 23.9. The van der Waals surface area contributed by atoms with E-state index in [9.17, 15) is 9.59 Å². The molecule has 2 aromatic carbocycles. The van der Waals surface area contributed by atoms with E-state index >= 15 is 0 Å². The number of anilines is 2. The molecule has 0 spiro atoms. The van der Waals surface area contributed by atoms with Crippen molar-refractivity contribution in [2.24, 2.45) is 5.73 Å². The van der Waals surface area contributed by atoms with Gasteiger partial charge in [0.25, 0.3) is 5.91 Å². The molecule has 2 heterocycles. The van der Waals surface area contributed by atoms with Crippen molar-refractivity contribution in [3.05, 3.63) is 70.7 Å². The molecule has 1 saturated carbocycles. The number of halogens is 1. The number of nitrogens with two attached hydrogens (primary N) is 1. The summed E-state index contributed by atoms with van der Waals surface area (Å²) in [6.07, 6.45) is 1.83. The van der Waals surface area contributed by atoms with Crippen molar-refractivity contribution in [2.75, 3.05) is 10.6 Å². The lowest BCUT2D eigenvalue weighted by Gasteiger charge is -2.13. The normalized spacial score (nSPS) is 14.0. The first kappa shape index (κ1) is 22.3. The smallest absolute Gasteiger partial charge is 0.255 e. The Morgan fingerprint density at radius 1 is 1.09 bits per heavy atom. The van der Waals surface area contributed by atoms with Gasteiger partial charge in [-0.25, -0.2) is 9.97 Å². The van der Waals surface area contributed by atoms with Gasteiger partial charge in [0, 0.05) is 30.2 Å². The lowest BCUT2D eigenvalue weighted by molar-refractivity contribution is -0.114. The van der Waals surface area contributed by atoms with Crippen molar-refractivity contribution in [3.63, 3.8) is 0 Å². The number of ether oxygens (including phenoxy) is 1. The Morgan fingerprint density at radius 3 is 2.68 bits per heavy atom. The molecule has 0 aliphatic heterocycles. The largest absolute Gasteiger partial charge is 0.439 e. The van der Waals surface area contributed by atoms with Crippen molar-refractivity contribution in [2.45, 2.75) is 25.3 Å². The highest BCUT2D eigenvalue weighted by Gasteiger charge is 2.40. The number of nitrogens with one attached hydrogen (secondary N) is 2. The van der Waals surface area contributed by atoms with Gasteiger partial charge in [0.05, 0.1) is 10.7 Å². The quantitative estimate of drug-likeness (QED) is 0.335. The molecule has 1 aliphatic carbocycles. The number of hydrogen-bond donors (Lipinski definition) is 3. The molecule has 34 heavy (non-hydrogen) atoms. The first-order valence-corrected chi connectivity index (χ1v) is 11.7. The number of carbonyl (C=O) groups is 2. The van der Waals surface area contributed by atoms with Gasteiger partial charge in [-0.15, -0.1) is 0 Å². The van der Waals surface area contributed by atoms with E-state index in [0.29, 0.717) is 43.4 Å². The zero-order valence-corrected chi connectivity index (χ0v) is 19.7. The second-order valence-electron chi connectivity index (χ2n) is 8.11. The third-order valence-electron chi connectivity index (χ3n) is 5.41. The van der Waals surface area contributed by atoms with Gasteiger partial charge in [0.2, 0.25) is 11.8 Å². The molecule has 8 nitrogen and oxygen atoms in total. The van der Waals surface area contributed by atoms with Gasteiger partial charge < -0.3 is 21.1 Å². The fraction of sp³-hybridized carbons (Fsp3) is 0.167. The van der Waals surface area contributed by atoms with Crippen LogP contribution in [0.15, 0.2) is 54.6 Å². The van der Waals surface area contributed by atoms with Gasteiger partial charge in [0.1, 0.15) is 16.1 Å². The van der Waals surface area contributed by atoms with Crippen LogP contribution in [0.5, 0.6) is 11.6 Å².